The van der Waals surface area contributed by atoms with Gasteiger partial charge in [0.15, 0.2) is 11.6 Å². The molecule has 2 rings (SSSR count). The molecule has 0 saturated carbocycles. The van der Waals surface area contributed by atoms with Crippen molar-refractivity contribution < 1.29 is 18.4 Å². The number of carbonyl (C=O) groups excluding carboxylic acids is 2. The van der Waals surface area contributed by atoms with E-state index in [1.807, 2.05) is 14.1 Å². The minimum absolute atomic E-state index is 0.0266. The standard InChI is InChI=1S/C18H25F2N3O2/c1-22(2)9-3-8-21-17(24)13-6-10-23(11-7-13)18(25)14-4-5-15(19)16(20)12-14/h4-5,12-13H,3,6-11H2,1-2H3,(H,21,24). The predicted octanol–water partition coefficient (Wildman–Crippen LogP) is 1.88. The van der Waals surface area contributed by atoms with Crippen molar-refractivity contribution in [2.24, 2.45) is 5.92 Å². The van der Waals surface area contributed by atoms with Crippen LogP contribution in [0.1, 0.15) is 29.6 Å². The van der Waals surface area contributed by atoms with E-state index in [1.54, 1.807) is 4.90 Å². The van der Waals surface area contributed by atoms with E-state index < -0.39 is 11.6 Å². The Morgan fingerprint density at radius 3 is 2.48 bits per heavy atom. The third kappa shape index (κ3) is 5.49. The van der Waals surface area contributed by atoms with Crippen molar-refractivity contribution >= 4 is 11.8 Å². The van der Waals surface area contributed by atoms with E-state index in [2.05, 4.69) is 10.2 Å². The number of piperidine rings is 1. The molecule has 0 radical (unpaired) electrons. The third-order valence-corrected chi connectivity index (χ3v) is 4.40. The molecule has 25 heavy (non-hydrogen) atoms. The van der Waals surface area contributed by atoms with Crippen LogP contribution in [-0.2, 0) is 4.79 Å². The zero-order valence-corrected chi connectivity index (χ0v) is 14.7. The molecule has 1 aromatic rings. The second kappa shape index (κ2) is 8.89. The normalized spacial score (nSPS) is 15.5. The van der Waals surface area contributed by atoms with Crippen molar-refractivity contribution in [3.05, 3.63) is 35.4 Å². The molecule has 0 bridgehead atoms. The van der Waals surface area contributed by atoms with Crippen LogP contribution in [0, 0.1) is 17.6 Å². The first-order chi connectivity index (χ1) is 11.9. The first-order valence-corrected chi connectivity index (χ1v) is 8.55. The van der Waals surface area contributed by atoms with Crippen molar-refractivity contribution in [2.45, 2.75) is 19.3 Å². The minimum atomic E-state index is -1.03. The van der Waals surface area contributed by atoms with Crippen LogP contribution in [0.15, 0.2) is 18.2 Å². The molecule has 1 saturated heterocycles. The lowest BCUT2D eigenvalue weighted by Gasteiger charge is -2.31. The summed E-state index contributed by atoms with van der Waals surface area (Å²) in [5.41, 5.74) is 0.130. The highest BCUT2D eigenvalue weighted by Crippen LogP contribution is 2.20. The van der Waals surface area contributed by atoms with Gasteiger partial charge in [0.25, 0.3) is 5.91 Å². The Morgan fingerprint density at radius 2 is 1.88 bits per heavy atom. The van der Waals surface area contributed by atoms with Crippen LogP contribution in [0.3, 0.4) is 0 Å². The van der Waals surface area contributed by atoms with Crippen LogP contribution in [0.2, 0.25) is 0 Å². The van der Waals surface area contributed by atoms with Gasteiger partial charge in [0.05, 0.1) is 0 Å². The highest BCUT2D eigenvalue weighted by Gasteiger charge is 2.27. The van der Waals surface area contributed by atoms with E-state index in [4.69, 9.17) is 0 Å². The fourth-order valence-electron chi connectivity index (χ4n) is 2.91. The van der Waals surface area contributed by atoms with Gasteiger partial charge in [-0.05, 0) is 58.1 Å². The summed E-state index contributed by atoms with van der Waals surface area (Å²) in [4.78, 5) is 28.1. The summed E-state index contributed by atoms with van der Waals surface area (Å²) in [6, 6.07) is 3.15. The lowest BCUT2D eigenvalue weighted by Crippen LogP contribution is -2.43. The number of hydrogen-bond donors (Lipinski definition) is 1. The number of benzene rings is 1. The average molecular weight is 353 g/mol. The lowest BCUT2D eigenvalue weighted by molar-refractivity contribution is -0.126. The fraction of sp³-hybridized carbons (Fsp3) is 0.556. The van der Waals surface area contributed by atoms with Gasteiger partial charge >= 0.3 is 0 Å². The first kappa shape index (κ1) is 19.3. The minimum Gasteiger partial charge on any atom is -0.356 e. The van der Waals surface area contributed by atoms with Crippen molar-refractivity contribution in [1.29, 1.82) is 0 Å². The molecule has 1 N–H and O–H groups in total. The molecule has 0 aromatic heterocycles. The molecule has 7 heteroatoms. The molecule has 1 aromatic carbocycles. The lowest BCUT2D eigenvalue weighted by atomic mass is 9.95. The van der Waals surface area contributed by atoms with Crippen molar-refractivity contribution in [2.75, 3.05) is 40.3 Å². The highest BCUT2D eigenvalue weighted by molar-refractivity contribution is 5.94. The SMILES string of the molecule is CN(C)CCCNC(=O)C1CCN(C(=O)c2ccc(F)c(F)c2)CC1. The largest absolute Gasteiger partial charge is 0.356 e. The maximum absolute atomic E-state index is 13.3. The molecule has 0 aliphatic carbocycles. The highest BCUT2D eigenvalue weighted by atomic mass is 19.2. The molecule has 1 fully saturated rings. The van der Waals surface area contributed by atoms with Crippen LogP contribution in [0.5, 0.6) is 0 Å². The van der Waals surface area contributed by atoms with Gasteiger partial charge in [-0.1, -0.05) is 0 Å². The number of carbonyl (C=O) groups is 2. The molecule has 5 nitrogen and oxygen atoms in total. The zero-order valence-electron chi connectivity index (χ0n) is 14.7. The van der Waals surface area contributed by atoms with Gasteiger partial charge in [-0.25, -0.2) is 8.78 Å². The second-order valence-electron chi connectivity index (χ2n) is 6.64. The predicted molar refractivity (Wildman–Crippen MR) is 91.2 cm³/mol. The van der Waals surface area contributed by atoms with Gasteiger partial charge in [0.2, 0.25) is 5.91 Å². The Balaban J connectivity index is 1.79. The van der Waals surface area contributed by atoms with E-state index in [9.17, 15) is 18.4 Å². The number of amides is 2. The van der Waals surface area contributed by atoms with Gasteiger partial charge in [-0.15, -0.1) is 0 Å². The first-order valence-electron chi connectivity index (χ1n) is 8.55. The van der Waals surface area contributed by atoms with Gasteiger partial charge in [-0.2, -0.15) is 0 Å². The van der Waals surface area contributed by atoms with E-state index in [0.29, 0.717) is 32.5 Å². The van der Waals surface area contributed by atoms with E-state index >= 15 is 0 Å². The molecular formula is C18H25F2N3O2. The Labute approximate surface area is 147 Å². The summed E-state index contributed by atoms with van der Waals surface area (Å²) < 4.78 is 26.2. The quantitative estimate of drug-likeness (QED) is 0.795. The topological polar surface area (TPSA) is 52.7 Å². The van der Waals surface area contributed by atoms with Crippen LogP contribution in [0.25, 0.3) is 0 Å². The van der Waals surface area contributed by atoms with Gasteiger partial charge < -0.3 is 15.1 Å². The molecule has 2 amide bonds. The molecule has 0 atom stereocenters. The Bertz CT molecular complexity index is 614. The summed E-state index contributed by atoms with van der Waals surface area (Å²) in [5, 5.41) is 2.94. The number of rotatable bonds is 6. The van der Waals surface area contributed by atoms with Gasteiger partial charge in [0, 0.05) is 31.1 Å². The summed E-state index contributed by atoms with van der Waals surface area (Å²) in [7, 11) is 3.98. The number of likely N-dealkylation sites (tertiary alicyclic amines) is 1. The Hall–Kier alpha value is -2.02. The number of halogens is 2. The number of nitrogens with one attached hydrogen (secondary N) is 1. The molecule has 0 spiro atoms. The molecular weight excluding hydrogens is 328 g/mol. The van der Waals surface area contributed by atoms with Gasteiger partial charge in [0.1, 0.15) is 0 Å². The maximum Gasteiger partial charge on any atom is 0.253 e. The van der Waals surface area contributed by atoms with E-state index in [1.165, 1.54) is 6.07 Å². The smallest absolute Gasteiger partial charge is 0.253 e. The van der Waals surface area contributed by atoms with Gasteiger partial charge in [-0.3, -0.25) is 9.59 Å². The summed E-state index contributed by atoms with van der Waals surface area (Å²) >= 11 is 0. The molecule has 1 heterocycles. The van der Waals surface area contributed by atoms with Crippen LogP contribution >= 0.6 is 0 Å². The molecule has 0 unspecified atom stereocenters. The Morgan fingerprint density at radius 1 is 1.20 bits per heavy atom. The van der Waals surface area contributed by atoms with Crippen LogP contribution in [0.4, 0.5) is 8.78 Å². The van der Waals surface area contributed by atoms with Crippen molar-refractivity contribution in [3.8, 4) is 0 Å². The number of hydrogen-bond acceptors (Lipinski definition) is 3. The summed E-state index contributed by atoms with van der Waals surface area (Å²) in [5.74, 6) is -2.41. The monoisotopic (exact) mass is 353 g/mol. The number of nitrogens with zero attached hydrogens (tertiary/aromatic N) is 2. The molecule has 1 aliphatic rings. The molecule has 138 valence electrons. The third-order valence-electron chi connectivity index (χ3n) is 4.40. The Kier molecular flexibility index (Phi) is 6.87. The van der Waals surface area contributed by atoms with Crippen molar-refractivity contribution in [3.63, 3.8) is 0 Å². The second-order valence-corrected chi connectivity index (χ2v) is 6.64. The summed E-state index contributed by atoms with van der Waals surface area (Å²) in [6.07, 6.45) is 2.05. The van der Waals surface area contributed by atoms with E-state index in [0.717, 1.165) is 25.1 Å². The van der Waals surface area contributed by atoms with Crippen LogP contribution in [-0.4, -0.2) is 61.9 Å². The van der Waals surface area contributed by atoms with Crippen LogP contribution < -0.4 is 5.32 Å². The summed E-state index contributed by atoms with van der Waals surface area (Å²) in [6.45, 7) is 2.44. The molecule has 1 aliphatic heterocycles. The average Bonchev–Trinajstić information content (AvgIpc) is 2.60. The fourth-order valence-corrected chi connectivity index (χ4v) is 2.91. The van der Waals surface area contributed by atoms with Crippen molar-refractivity contribution in [1.82, 2.24) is 15.1 Å². The van der Waals surface area contributed by atoms with E-state index in [-0.39, 0.29) is 23.3 Å². The maximum atomic E-state index is 13.3. The zero-order chi connectivity index (χ0) is 18.4.